The van der Waals surface area contributed by atoms with Gasteiger partial charge in [-0.15, -0.1) is 0 Å². The molecule has 1 atom stereocenters. The Balaban J connectivity index is 2.67. The molecular formula is C13H29N2+. The zero-order valence-corrected chi connectivity index (χ0v) is 11.5. The smallest absolute Gasteiger partial charge is 0.0917 e. The number of likely N-dealkylation sites (N-methyl/N-ethyl adjacent to an activating group) is 1. The molecule has 1 fully saturated rings. The minimum atomic E-state index is 0.382. The molecule has 1 rings (SSSR count). The fraction of sp³-hybridized carbons (Fsp3) is 1.00. The van der Waals surface area contributed by atoms with Crippen molar-refractivity contribution in [1.82, 2.24) is 4.90 Å². The van der Waals surface area contributed by atoms with Crippen molar-refractivity contribution in [2.75, 3.05) is 33.2 Å². The van der Waals surface area contributed by atoms with Gasteiger partial charge in [0.15, 0.2) is 0 Å². The van der Waals surface area contributed by atoms with Gasteiger partial charge in [-0.1, -0.05) is 0 Å². The van der Waals surface area contributed by atoms with Gasteiger partial charge in [-0.25, -0.2) is 0 Å². The summed E-state index contributed by atoms with van der Waals surface area (Å²) in [5.41, 5.74) is 0.382. The Bertz CT molecular complexity index is 205. The van der Waals surface area contributed by atoms with Gasteiger partial charge >= 0.3 is 0 Å². The molecule has 0 aromatic carbocycles. The molecule has 1 heterocycles. The van der Waals surface area contributed by atoms with Crippen LogP contribution in [0, 0.1) is 0 Å². The van der Waals surface area contributed by atoms with Gasteiger partial charge in [0.05, 0.1) is 25.7 Å². The van der Waals surface area contributed by atoms with E-state index in [1.807, 2.05) is 0 Å². The maximum absolute atomic E-state index is 2.62. The van der Waals surface area contributed by atoms with Crippen molar-refractivity contribution in [1.29, 1.82) is 0 Å². The molecule has 0 bridgehead atoms. The number of rotatable bonds is 1. The van der Waals surface area contributed by atoms with E-state index < -0.39 is 0 Å². The normalized spacial score (nSPS) is 30.6. The van der Waals surface area contributed by atoms with Gasteiger partial charge in [-0.3, -0.25) is 4.90 Å². The summed E-state index contributed by atoms with van der Waals surface area (Å²) in [5, 5.41) is 0. The summed E-state index contributed by atoms with van der Waals surface area (Å²) in [6.07, 6.45) is 1.34. The fourth-order valence-electron chi connectivity index (χ4n) is 2.38. The van der Waals surface area contributed by atoms with E-state index in [0.717, 1.165) is 0 Å². The maximum Gasteiger partial charge on any atom is 0.0917 e. The van der Waals surface area contributed by atoms with Crippen LogP contribution in [0.25, 0.3) is 0 Å². The van der Waals surface area contributed by atoms with Crippen molar-refractivity contribution in [3.8, 4) is 0 Å². The Hall–Kier alpha value is -0.0800. The molecule has 1 saturated heterocycles. The predicted molar refractivity (Wildman–Crippen MR) is 67.0 cm³/mol. The summed E-state index contributed by atoms with van der Waals surface area (Å²) in [6, 6.07) is 0.705. The lowest BCUT2D eigenvalue weighted by Crippen LogP contribution is -2.58. The lowest BCUT2D eigenvalue weighted by molar-refractivity contribution is -0.951. The quantitative estimate of drug-likeness (QED) is 0.604. The molecule has 0 aromatic rings. The second-order valence-corrected chi connectivity index (χ2v) is 6.50. The van der Waals surface area contributed by atoms with E-state index in [0.29, 0.717) is 11.6 Å². The van der Waals surface area contributed by atoms with Crippen LogP contribution in [-0.4, -0.2) is 54.2 Å². The second-order valence-electron chi connectivity index (χ2n) is 6.50. The van der Waals surface area contributed by atoms with Crippen molar-refractivity contribution in [3.63, 3.8) is 0 Å². The molecule has 1 aliphatic rings. The second kappa shape index (κ2) is 4.42. The average Bonchev–Trinajstić information content (AvgIpc) is 2.26. The minimum absolute atomic E-state index is 0.382. The first kappa shape index (κ1) is 13.0. The molecule has 90 valence electrons. The lowest BCUT2D eigenvalue weighted by atomic mass is 10.0. The van der Waals surface area contributed by atoms with Crippen molar-refractivity contribution >= 4 is 0 Å². The summed E-state index contributed by atoms with van der Waals surface area (Å²) < 4.78 is 1.22. The van der Waals surface area contributed by atoms with Crippen molar-refractivity contribution in [2.45, 2.75) is 52.6 Å². The van der Waals surface area contributed by atoms with Crippen LogP contribution in [0.15, 0.2) is 0 Å². The van der Waals surface area contributed by atoms with Gasteiger partial charge in [0.25, 0.3) is 0 Å². The first-order valence-corrected chi connectivity index (χ1v) is 6.35. The predicted octanol–water partition coefficient (Wildman–Crippen LogP) is 2.35. The Morgan fingerprint density at radius 1 is 1.07 bits per heavy atom. The Morgan fingerprint density at radius 2 is 1.67 bits per heavy atom. The SMILES string of the molecule is CC(C)N1CCC[N+](C)(C(C)(C)C)CC1. The fourth-order valence-corrected chi connectivity index (χ4v) is 2.38. The molecule has 0 N–H and O–H groups in total. The molecule has 15 heavy (non-hydrogen) atoms. The van der Waals surface area contributed by atoms with Gasteiger partial charge in [-0.2, -0.15) is 0 Å². The summed E-state index contributed by atoms with van der Waals surface area (Å²) in [6.45, 7) is 16.9. The van der Waals surface area contributed by atoms with E-state index in [4.69, 9.17) is 0 Å². The van der Waals surface area contributed by atoms with E-state index in [1.54, 1.807) is 0 Å². The van der Waals surface area contributed by atoms with Gasteiger partial charge in [0.2, 0.25) is 0 Å². The third-order valence-electron chi connectivity index (χ3n) is 4.33. The summed E-state index contributed by atoms with van der Waals surface area (Å²) in [5.74, 6) is 0. The molecule has 1 unspecified atom stereocenters. The maximum atomic E-state index is 2.62. The summed E-state index contributed by atoms with van der Waals surface area (Å²) in [7, 11) is 2.42. The number of hydrogen-bond donors (Lipinski definition) is 0. The summed E-state index contributed by atoms with van der Waals surface area (Å²) >= 11 is 0. The standard InChI is InChI=1S/C13H29N2/c1-12(2)14-8-7-10-15(6,11-9-14)13(3,4)5/h12H,7-11H2,1-6H3/q+1. The van der Waals surface area contributed by atoms with Crippen LogP contribution in [0.5, 0.6) is 0 Å². The summed E-state index contributed by atoms with van der Waals surface area (Å²) in [4.78, 5) is 2.62. The van der Waals surface area contributed by atoms with Crippen molar-refractivity contribution in [2.24, 2.45) is 0 Å². The molecule has 2 heteroatoms. The zero-order chi connectivity index (χ0) is 11.7. The topological polar surface area (TPSA) is 3.24 Å². The Labute approximate surface area is 95.8 Å². The van der Waals surface area contributed by atoms with E-state index in [-0.39, 0.29) is 0 Å². The molecule has 0 aromatic heterocycles. The van der Waals surface area contributed by atoms with E-state index in [2.05, 4.69) is 46.6 Å². The molecule has 0 saturated carbocycles. The highest BCUT2D eigenvalue weighted by Crippen LogP contribution is 2.24. The minimum Gasteiger partial charge on any atom is -0.321 e. The monoisotopic (exact) mass is 213 g/mol. The van der Waals surface area contributed by atoms with Crippen molar-refractivity contribution < 1.29 is 4.48 Å². The van der Waals surface area contributed by atoms with Gasteiger partial charge in [0.1, 0.15) is 0 Å². The van der Waals surface area contributed by atoms with Crippen LogP contribution in [-0.2, 0) is 0 Å². The third kappa shape index (κ3) is 2.94. The van der Waals surface area contributed by atoms with Crippen LogP contribution in [0.1, 0.15) is 41.0 Å². The molecular weight excluding hydrogens is 184 g/mol. The molecule has 2 nitrogen and oxygen atoms in total. The third-order valence-corrected chi connectivity index (χ3v) is 4.33. The molecule has 1 aliphatic heterocycles. The van der Waals surface area contributed by atoms with Crippen LogP contribution < -0.4 is 0 Å². The number of quaternary nitrogens is 1. The van der Waals surface area contributed by atoms with E-state index in [9.17, 15) is 0 Å². The molecule has 0 amide bonds. The largest absolute Gasteiger partial charge is 0.321 e. The van der Waals surface area contributed by atoms with Gasteiger partial charge in [-0.05, 0) is 34.6 Å². The lowest BCUT2D eigenvalue weighted by Gasteiger charge is -2.45. The highest BCUT2D eigenvalue weighted by atomic mass is 15.4. The first-order valence-electron chi connectivity index (χ1n) is 6.35. The van der Waals surface area contributed by atoms with Crippen LogP contribution >= 0.6 is 0 Å². The first-order chi connectivity index (χ1) is 6.76. The highest BCUT2D eigenvalue weighted by Gasteiger charge is 2.37. The highest BCUT2D eigenvalue weighted by molar-refractivity contribution is 4.70. The molecule has 0 spiro atoms. The van der Waals surface area contributed by atoms with Crippen LogP contribution in [0.4, 0.5) is 0 Å². The Kier molecular flexibility index (Phi) is 3.83. The van der Waals surface area contributed by atoms with Crippen molar-refractivity contribution in [3.05, 3.63) is 0 Å². The number of hydrogen-bond acceptors (Lipinski definition) is 1. The zero-order valence-electron chi connectivity index (χ0n) is 11.5. The van der Waals surface area contributed by atoms with Gasteiger partial charge < -0.3 is 4.48 Å². The van der Waals surface area contributed by atoms with Gasteiger partial charge in [0, 0.05) is 25.6 Å². The number of nitrogens with zero attached hydrogens (tertiary/aromatic N) is 2. The average molecular weight is 213 g/mol. The van der Waals surface area contributed by atoms with Crippen LogP contribution in [0.2, 0.25) is 0 Å². The Morgan fingerprint density at radius 3 is 2.13 bits per heavy atom. The van der Waals surface area contributed by atoms with E-state index >= 15 is 0 Å². The molecule has 0 aliphatic carbocycles. The van der Waals surface area contributed by atoms with E-state index in [1.165, 1.54) is 37.1 Å². The van der Waals surface area contributed by atoms with Crippen LogP contribution in [0.3, 0.4) is 0 Å². The molecule has 0 radical (unpaired) electrons.